The lowest BCUT2D eigenvalue weighted by Gasteiger charge is -2.09. The second kappa shape index (κ2) is 4.23. The standard InChI is InChI=1S/C17H18NO/c1-11-9-12(2)13(3)15(10-11)16-17-14(6-8-19-17)5-7-18(16)4/h5-10H,1-4H3/q+1. The van der Waals surface area contributed by atoms with Gasteiger partial charge in [0.1, 0.15) is 7.05 Å². The third kappa shape index (κ3) is 1.84. The number of furan rings is 1. The number of hydrogen-bond acceptors (Lipinski definition) is 1. The average molecular weight is 252 g/mol. The van der Waals surface area contributed by atoms with Crippen LogP contribution in [0.1, 0.15) is 16.7 Å². The number of hydrogen-bond donors (Lipinski definition) is 0. The molecule has 3 aromatic rings. The van der Waals surface area contributed by atoms with Gasteiger partial charge in [-0.15, -0.1) is 0 Å². The van der Waals surface area contributed by atoms with Crippen molar-refractivity contribution >= 4 is 11.0 Å². The zero-order valence-corrected chi connectivity index (χ0v) is 11.8. The minimum absolute atomic E-state index is 0.957. The van der Waals surface area contributed by atoms with Crippen LogP contribution in [0.25, 0.3) is 22.2 Å². The highest BCUT2D eigenvalue weighted by atomic mass is 16.3. The Morgan fingerprint density at radius 3 is 2.63 bits per heavy atom. The highest BCUT2D eigenvalue weighted by Gasteiger charge is 2.20. The van der Waals surface area contributed by atoms with Gasteiger partial charge in [0, 0.05) is 11.5 Å². The summed E-state index contributed by atoms with van der Waals surface area (Å²) in [7, 11) is 2.06. The van der Waals surface area contributed by atoms with E-state index < -0.39 is 0 Å². The van der Waals surface area contributed by atoms with Crippen molar-refractivity contribution in [2.75, 3.05) is 0 Å². The summed E-state index contributed by atoms with van der Waals surface area (Å²) in [5, 5.41) is 1.15. The van der Waals surface area contributed by atoms with E-state index in [1.54, 1.807) is 6.26 Å². The molecule has 19 heavy (non-hydrogen) atoms. The van der Waals surface area contributed by atoms with Gasteiger partial charge in [0.25, 0.3) is 5.69 Å². The fourth-order valence-corrected chi connectivity index (χ4v) is 2.67. The Labute approximate surface area is 113 Å². The summed E-state index contributed by atoms with van der Waals surface area (Å²) in [6, 6.07) is 8.55. The monoisotopic (exact) mass is 252 g/mol. The highest BCUT2D eigenvalue weighted by Crippen LogP contribution is 2.30. The quantitative estimate of drug-likeness (QED) is 0.601. The second-order valence-corrected chi connectivity index (χ2v) is 5.23. The number of benzene rings is 1. The molecule has 0 radical (unpaired) electrons. The first kappa shape index (κ1) is 12.0. The topological polar surface area (TPSA) is 17.0 Å². The highest BCUT2D eigenvalue weighted by molar-refractivity contribution is 5.89. The molecule has 0 saturated carbocycles. The molecule has 2 nitrogen and oxygen atoms in total. The molecule has 2 heterocycles. The Morgan fingerprint density at radius 1 is 1.05 bits per heavy atom. The van der Waals surface area contributed by atoms with Gasteiger partial charge in [-0.05, 0) is 44.0 Å². The Hall–Kier alpha value is -2.09. The summed E-state index contributed by atoms with van der Waals surface area (Å²) in [6.45, 7) is 6.47. The van der Waals surface area contributed by atoms with Gasteiger partial charge in [0.05, 0.1) is 11.8 Å². The maximum absolute atomic E-state index is 5.70. The molecule has 0 aliphatic heterocycles. The summed E-state index contributed by atoms with van der Waals surface area (Å²) in [4.78, 5) is 0. The Balaban J connectivity index is 2.42. The predicted molar refractivity (Wildman–Crippen MR) is 77.0 cm³/mol. The first-order valence-electron chi connectivity index (χ1n) is 6.52. The fourth-order valence-electron chi connectivity index (χ4n) is 2.67. The van der Waals surface area contributed by atoms with Crippen molar-refractivity contribution in [1.82, 2.24) is 0 Å². The van der Waals surface area contributed by atoms with Crippen molar-refractivity contribution in [2.24, 2.45) is 7.05 Å². The van der Waals surface area contributed by atoms with Crippen LogP contribution in [0.15, 0.2) is 41.1 Å². The first-order chi connectivity index (χ1) is 9.08. The Bertz CT molecular complexity index is 768. The zero-order chi connectivity index (χ0) is 13.6. The van der Waals surface area contributed by atoms with E-state index in [1.165, 1.54) is 22.3 Å². The van der Waals surface area contributed by atoms with Gasteiger partial charge in [0.2, 0.25) is 5.58 Å². The van der Waals surface area contributed by atoms with Gasteiger partial charge in [-0.25, -0.2) is 0 Å². The SMILES string of the molecule is Cc1cc(C)c(C)c(-c2c3occc3cc[n+]2C)c1. The molecule has 0 saturated heterocycles. The predicted octanol–water partition coefficient (Wildman–Crippen LogP) is 3.85. The van der Waals surface area contributed by atoms with Gasteiger partial charge < -0.3 is 4.42 Å². The number of aryl methyl sites for hydroxylation is 3. The number of aromatic nitrogens is 1. The fraction of sp³-hybridized carbons (Fsp3) is 0.235. The number of fused-ring (bicyclic) bond motifs is 1. The lowest BCUT2D eigenvalue weighted by molar-refractivity contribution is -0.659. The van der Waals surface area contributed by atoms with E-state index in [0.717, 1.165) is 16.7 Å². The van der Waals surface area contributed by atoms with Gasteiger partial charge in [-0.3, -0.25) is 0 Å². The minimum atomic E-state index is 0.957. The molecule has 96 valence electrons. The Kier molecular flexibility index (Phi) is 2.67. The van der Waals surface area contributed by atoms with Crippen LogP contribution in [0.5, 0.6) is 0 Å². The summed E-state index contributed by atoms with van der Waals surface area (Å²) in [5.41, 5.74) is 7.26. The largest absolute Gasteiger partial charge is 0.457 e. The lowest BCUT2D eigenvalue weighted by Crippen LogP contribution is -2.30. The summed E-state index contributed by atoms with van der Waals surface area (Å²) in [6.07, 6.45) is 3.84. The smallest absolute Gasteiger partial charge is 0.256 e. The molecule has 0 spiro atoms. The molecule has 0 aliphatic carbocycles. The molecule has 0 N–H and O–H groups in total. The molecular weight excluding hydrogens is 234 g/mol. The molecular formula is C17H18NO+. The van der Waals surface area contributed by atoms with Gasteiger partial charge in [-0.1, -0.05) is 11.6 Å². The van der Waals surface area contributed by atoms with Crippen molar-refractivity contribution in [3.8, 4) is 11.3 Å². The van der Waals surface area contributed by atoms with Crippen LogP contribution >= 0.6 is 0 Å². The van der Waals surface area contributed by atoms with E-state index in [1.807, 2.05) is 6.07 Å². The number of rotatable bonds is 1. The van der Waals surface area contributed by atoms with Crippen LogP contribution in [0.2, 0.25) is 0 Å². The van der Waals surface area contributed by atoms with Crippen molar-refractivity contribution in [3.05, 3.63) is 53.4 Å². The molecule has 0 fully saturated rings. The maximum atomic E-state index is 5.70. The van der Waals surface area contributed by atoms with Gasteiger partial charge in [-0.2, -0.15) is 4.57 Å². The van der Waals surface area contributed by atoms with E-state index in [4.69, 9.17) is 4.42 Å². The minimum Gasteiger partial charge on any atom is -0.457 e. The van der Waals surface area contributed by atoms with Crippen LogP contribution in [0.4, 0.5) is 0 Å². The van der Waals surface area contributed by atoms with Crippen molar-refractivity contribution in [2.45, 2.75) is 20.8 Å². The normalized spacial score (nSPS) is 11.2. The first-order valence-corrected chi connectivity index (χ1v) is 6.52. The third-order valence-electron chi connectivity index (χ3n) is 3.81. The average Bonchev–Trinajstić information content (AvgIpc) is 2.82. The molecule has 2 heteroatoms. The molecule has 0 unspecified atom stereocenters. The van der Waals surface area contributed by atoms with Crippen molar-refractivity contribution in [3.63, 3.8) is 0 Å². The lowest BCUT2D eigenvalue weighted by atomic mass is 9.97. The van der Waals surface area contributed by atoms with Crippen LogP contribution < -0.4 is 4.57 Å². The van der Waals surface area contributed by atoms with Gasteiger partial charge >= 0.3 is 0 Å². The second-order valence-electron chi connectivity index (χ2n) is 5.23. The Morgan fingerprint density at radius 2 is 1.84 bits per heavy atom. The van der Waals surface area contributed by atoms with E-state index in [0.29, 0.717) is 0 Å². The van der Waals surface area contributed by atoms with Crippen molar-refractivity contribution in [1.29, 1.82) is 0 Å². The number of pyridine rings is 1. The van der Waals surface area contributed by atoms with Gasteiger partial charge in [0.15, 0.2) is 6.20 Å². The molecule has 0 atom stereocenters. The van der Waals surface area contributed by atoms with Crippen LogP contribution in [0, 0.1) is 20.8 Å². The summed E-state index contributed by atoms with van der Waals surface area (Å²) >= 11 is 0. The molecule has 3 rings (SSSR count). The molecule has 0 aliphatic rings. The van der Waals surface area contributed by atoms with E-state index in [9.17, 15) is 0 Å². The van der Waals surface area contributed by atoms with E-state index >= 15 is 0 Å². The van der Waals surface area contributed by atoms with Crippen LogP contribution in [-0.2, 0) is 7.05 Å². The van der Waals surface area contributed by atoms with Crippen LogP contribution in [-0.4, -0.2) is 0 Å². The molecule has 0 amide bonds. The number of nitrogens with zero attached hydrogens (tertiary/aromatic N) is 1. The summed E-state index contributed by atoms with van der Waals surface area (Å²) in [5.74, 6) is 0. The molecule has 1 aromatic carbocycles. The van der Waals surface area contributed by atoms with Crippen LogP contribution in [0.3, 0.4) is 0 Å². The third-order valence-corrected chi connectivity index (χ3v) is 3.81. The molecule has 0 bridgehead atoms. The van der Waals surface area contributed by atoms with E-state index in [2.05, 4.69) is 56.8 Å². The zero-order valence-electron chi connectivity index (χ0n) is 11.8. The summed E-state index contributed by atoms with van der Waals surface area (Å²) < 4.78 is 7.83. The van der Waals surface area contributed by atoms with Crippen molar-refractivity contribution < 1.29 is 8.98 Å². The maximum Gasteiger partial charge on any atom is 0.256 e. The molecule has 2 aromatic heterocycles. The van der Waals surface area contributed by atoms with E-state index in [-0.39, 0.29) is 0 Å².